The van der Waals surface area contributed by atoms with Gasteiger partial charge in [-0.15, -0.1) is 0 Å². The average molecular weight is 491 g/mol. The van der Waals surface area contributed by atoms with E-state index < -0.39 is 0 Å². The van der Waals surface area contributed by atoms with Gasteiger partial charge in [0.15, 0.2) is 0 Å². The first-order valence-corrected chi connectivity index (χ1v) is 14.0. The number of carbonyl (C=O) groups excluding carboxylic acids is 1. The number of hydrogen-bond acceptors (Lipinski definition) is 3. The molecule has 36 heavy (non-hydrogen) atoms. The Morgan fingerprint density at radius 1 is 0.917 bits per heavy atom. The topological polar surface area (TPSA) is 47.6 Å². The lowest BCUT2D eigenvalue weighted by atomic mass is 9.86. The SMILES string of the molecule is Cc1ccc(NC(=O)NCCC(c2ccc(C(C)(C)C)cc2)N2CCN(C3CCCCC3)CC2)cc1. The van der Waals surface area contributed by atoms with Gasteiger partial charge in [-0.1, -0.05) is 82.0 Å². The molecule has 2 aromatic rings. The second kappa shape index (κ2) is 12.2. The minimum atomic E-state index is -0.136. The Hall–Kier alpha value is -2.37. The zero-order valence-electron chi connectivity index (χ0n) is 22.9. The van der Waals surface area contributed by atoms with Gasteiger partial charge in [-0.3, -0.25) is 9.80 Å². The van der Waals surface area contributed by atoms with Crippen molar-refractivity contribution in [3.05, 3.63) is 65.2 Å². The molecule has 1 unspecified atom stereocenters. The lowest BCUT2D eigenvalue weighted by Gasteiger charge is -2.43. The first-order chi connectivity index (χ1) is 17.3. The highest BCUT2D eigenvalue weighted by Crippen LogP contribution is 2.30. The summed E-state index contributed by atoms with van der Waals surface area (Å²) in [6.45, 7) is 14.0. The smallest absolute Gasteiger partial charge is 0.319 e. The van der Waals surface area contributed by atoms with Crippen molar-refractivity contribution in [1.82, 2.24) is 15.1 Å². The lowest BCUT2D eigenvalue weighted by molar-refractivity contribution is 0.0539. The van der Waals surface area contributed by atoms with E-state index in [1.165, 1.54) is 48.8 Å². The molecule has 196 valence electrons. The summed E-state index contributed by atoms with van der Waals surface area (Å²) in [5.41, 5.74) is 4.88. The molecule has 2 fully saturated rings. The lowest BCUT2D eigenvalue weighted by Crippen LogP contribution is -2.51. The van der Waals surface area contributed by atoms with Crippen LogP contribution < -0.4 is 10.6 Å². The number of piperazine rings is 1. The summed E-state index contributed by atoms with van der Waals surface area (Å²) in [6, 6.07) is 18.1. The van der Waals surface area contributed by atoms with Crippen LogP contribution in [-0.4, -0.2) is 54.6 Å². The molecule has 5 heteroatoms. The van der Waals surface area contributed by atoms with Crippen LogP contribution >= 0.6 is 0 Å². The maximum absolute atomic E-state index is 12.5. The van der Waals surface area contributed by atoms with Gasteiger partial charge >= 0.3 is 6.03 Å². The van der Waals surface area contributed by atoms with Crippen molar-refractivity contribution in [2.45, 2.75) is 83.7 Å². The molecule has 2 aromatic carbocycles. The standard InChI is InChI=1S/C31H46N4O/c1-24-10-16-27(17-11-24)33-30(36)32-19-18-29(25-12-14-26(15-13-25)31(2,3)4)35-22-20-34(21-23-35)28-8-6-5-7-9-28/h10-17,28-29H,5-9,18-23H2,1-4H3,(H2,32,33,36). The largest absolute Gasteiger partial charge is 0.338 e. The van der Waals surface area contributed by atoms with Crippen LogP contribution in [0.2, 0.25) is 0 Å². The highest BCUT2D eigenvalue weighted by atomic mass is 16.2. The predicted molar refractivity (Wildman–Crippen MR) is 151 cm³/mol. The summed E-state index contributed by atoms with van der Waals surface area (Å²) < 4.78 is 0. The Kier molecular flexibility index (Phi) is 9.08. The third kappa shape index (κ3) is 7.33. The average Bonchev–Trinajstić information content (AvgIpc) is 2.88. The fourth-order valence-corrected chi connectivity index (χ4v) is 5.76. The van der Waals surface area contributed by atoms with Crippen molar-refractivity contribution >= 4 is 11.7 Å². The van der Waals surface area contributed by atoms with Crippen LogP contribution in [0.4, 0.5) is 10.5 Å². The number of amides is 2. The van der Waals surface area contributed by atoms with Crippen LogP contribution in [0.25, 0.3) is 0 Å². The van der Waals surface area contributed by atoms with Crippen molar-refractivity contribution in [2.75, 3.05) is 38.0 Å². The molecule has 1 heterocycles. The summed E-state index contributed by atoms with van der Waals surface area (Å²) >= 11 is 0. The maximum Gasteiger partial charge on any atom is 0.319 e. The summed E-state index contributed by atoms with van der Waals surface area (Å²) in [5, 5.41) is 6.05. The van der Waals surface area contributed by atoms with Gasteiger partial charge in [0.2, 0.25) is 0 Å². The van der Waals surface area contributed by atoms with Gasteiger partial charge < -0.3 is 10.6 Å². The number of carbonyl (C=O) groups is 1. The molecule has 1 aliphatic heterocycles. The third-order valence-corrected chi connectivity index (χ3v) is 8.05. The molecular formula is C31H46N4O. The quantitative estimate of drug-likeness (QED) is 0.466. The predicted octanol–water partition coefficient (Wildman–Crippen LogP) is 6.50. The minimum absolute atomic E-state index is 0.136. The van der Waals surface area contributed by atoms with Gasteiger partial charge in [-0.05, 0) is 54.9 Å². The highest BCUT2D eigenvalue weighted by Gasteiger charge is 2.29. The van der Waals surface area contributed by atoms with E-state index in [0.29, 0.717) is 12.6 Å². The summed E-state index contributed by atoms with van der Waals surface area (Å²) in [6.07, 6.45) is 7.84. The monoisotopic (exact) mass is 490 g/mol. The normalized spacial score (nSPS) is 19.1. The van der Waals surface area contributed by atoms with E-state index >= 15 is 0 Å². The molecule has 5 nitrogen and oxygen atoms in total. The molecule has 0 aromatic heterocycles. The van der Waals surface area contributed by atoms with Gasteiger partial charge in [0.05, 0.1) is 0 Å². The maximum atomic E-state index is 12.5. The van der Waals surface area contributed by atoms with E-state index in [1.54, 1.807) is 0 Å². The number of nitrogens with zero attached hydrogens (tertiary/aromatic N) is 2. The molecule has 1 atom stereocenters. The van der Waals surface area contributed by atoms with Gasteiger partial charge in [-0.2, -0.15) is 0 Å². The van der Waals surface area contributed by atoms with Gasteiger partial charge in [0, 0.05) is 50.5 Å². The minimum Gasteiger partial charge on any atom is -0.338 e. The van der Waals surface area contributed by atoms with E-state index in [9.17, 15) is 4.79 Å². The van der Waals surface area contributed by atoms with E-state index in [2.05, 4.69) is 65.5 Å². The number of rotatable bonds is 7. The molecule has 0 bridgehead atoms. The van der Waals surface area contributed by atoms with Crippen LogP contribution in [0.3, 0.4) is 0 Å². The molecule has 4 rings (SSSR count). The molecule has 2 N–H and O–H groups in total. The Balaban J connectivity index is 1.38. The van der Waals surface area contributed by atoms with Crippen LogP contribution in [0.15, 0.2) is 48.5 Å². The first-order valence-electron chi connectivity index (χ1n) is 14.0. The van der Waals surface area contributed by atoms with Crippen LogP contribution in [-0.2, 0) is 5.41 Å². The second-order valence-corrected chi connectivity index (χ2v) is 11.8. The van der Waals surface area contributed by atoms with Crippen molar-refractivity contribution in [3.8, 4) is 0 Å². The van der Waals surface area contributed by atoms with Crippen LogP contribution in [0.1, 0.15) is 82.0 Å². The number of benzene rings is 2. The molecular weight excluding hydrogens is 444 g/mol. The Bertz CT molecular complexity index is 950. The van der Waals surface area contributed by atoms with Crippen molar-refractivity contribution in [3.63, 3.8) is 0 Å². The van der Waals surface area contributed by atoms with Crippen molar-refractivity contribution < 1.29 is 4.79 Å². The number of aryl methyl sites for hydroxylation is 1. The first kappa shape index (κ1) is 26.7. The highest BCUT2D eigenvalue weighted by molar-refractivity contribution is 5.89. The molecule has 1 saturated carbocycles. The fourth-order valence-electron chi connectivity index (χ4n) is 5.76. The number of anilines is 1. The van der Waals surface area contributed by atoms with E-state index in [0.717, 1.165) is 44.3 Å². The number of nitrogens with one attached hydrogen (secondary N) is 2. The Morgan fingerprint density at radius 3 is 2.17 bits per heavy atom. The molecule has 2 aliphatic rings. The van der Waals surface area contributed by atoms with Gasteiger partial charge in [0.25, 0.3) is 0 Å². The van der Waals surface area contributed by atoms with E-state index in [4.69, 9.17) is 0 Å². The van der Waals surface area contributed by atoms with Crippen molar-refractivity contribution in [1.29, 1.82) is 0 Å². The van der Waals surface area contributed by atoms with Crippen LogP contribution in [0, 0.1) is 6.92 Å². The second-order valence-electron chi connectivity index (χ2n) is 11.8. The van der Waals surface area contributed by atoms with Gasteiger partial charge in [-0.25, -0.2) is 4.79 Å². The van der Waals surface area contributed by atoms with E-state index in [-0.39, 0.29) is 11.4 Å². The molecule has 0 spiro atoms. The molecule has 2 amide bonds. The zero-order chi connectivity index (χ0) is 25.5. The van der Waals surface area contributed by atoms with E-state index in [1.807, 2.05) is 31.2 Å². The van der Waals surface area contributed by atoms with Gasteiger partial charge in [0.1, 0.15) is 0 Å². The molecule has 1 saturated heterocycles. The summed E-state index contributed by atoms with van der Waals surface area (Å²) in [7, 11) is 0. The number of urea groups is 1. The Morgan fingerprint density at radius 2 is 1.56 bits per heavy atom. The summed E-state index contributed by atoms with van der Waals surface area (Å²) in [5.74, 6) is 0. The third-order valence-electron chi connectivity index (χ3n) is 8.05. The Labute approximate surface area is 218 Å². The molecule has 1 aliphatic carbocycles. The zero-order valence-corrected chi connectivity index (χ0v) is 22.9. The fraction of sp³-hybridized carbons (Fsp3) is 0.581. The molecule has 0 radical (unpaired) electrons. The number of hydrogen-bond donors (Lipinski definition) is 2. The van der Waals surface area contributed by atoms with Crippen molar-refractivity contribution in [2.24, 2.45) is 0 Å². The van der Waals surface area contributed by atoms with Crippen LogP contribution in [0.5, 0.6) is 0 Å². The summed E-state index contributed by atoms with van der Waals surface area (Å²) in [4.78, 5) is 17.9.